The number of alkyl halides is 3. The smallest absolute Gasteiger partial charge is 0.370 e. The van der Waals surface area contributed by atoms with Crippen molar-refractivity contribution in [1.82, 2.24) is 10.3 Å². The number of nitrogens with zero attached hydrogens (tertiary/aromatic N) is 2. The maximum atomic E-state index is 13.2. The monoisotopic (exact) mass is 370 g/mol. The van der Waals surface area contributed by atoms with E-state index in [1.807, 2.05) is 4.90 Å². The second-order valence-electron chi connectivity index (χ2n) is 7.04. The first-order valence-corrected chi connectivity index (χ1v) is 8.56. The number of carbonyl (C=O) groups is 2. The summed E-state index contributed by atoms with van der Waals surface area (Å²) < 4.78 is 39.7. The van der Waals surface area contributed by atoms with Crippen molar-refractivity contribution in [2.45, 2.75) is 32.0 Å². The molecule has 2 aliphatic rings. The third-order valence-corrected chi connectivity index (χ3v) is 5.35. The molecule has 2 unspecified atom stereocenters. The third kappa shape index (κ3) is 3.91. The molecule has 3 N–H and O–H groups in total. The molecule has 0 aromatic carbocycles. The van der Waals surface area contributed by atoms with Gasteiger partial charge in [0, 0.05) is 19.5 Å². The zero-order valence-corrected chi connectivity index (χ0v) is 14.1. The van der Waals surface area contributed by atoms with E-state index in [4.69, 9.17) is 5.73 Å². The van der Waals surface area contributed by atoms with Crippen LogP contribution < -0.4 is 16.0 Å². The number of rotatable bonds is 6. The van der Waals surface area contributed by atoms with Crippen molar-refractivity contribution in [3.8, 4) is 0 Å². The van der Waals surface area contributed by atoms with Crippen molar-refractivity contribution >= 4 is 18.1 Å². The number of nitrogens with two attached hydrogens (primary N) is 1. The lowest BCUT2D eigenvalue weighted by Crippen LogP contribution is -2.43. The van der Waals surface area contributed by atoms with E-state index in [1.54, 1.807) is 0 Å². The minimum atomic E-state index is -4.49. The fraction of sp³-hybridized carbons (Fsp3) is 0.588. The molecule has 1 aromatic heterocycles. The largest absolute Gasteiger partial charge is 0.416 e. The van der Waals surface area contributed by atoms with Gasteiger partial charge in [-0.05, 0) is 42.7 Å². The van der Waals surface area contributed by atoms with Gasteiger partial charge in [-0.1, -0.05) is 0 Å². The summed E-state index contributed by atoms with van der Waals surface area (Å²) in [6.07, 6.45) is -1.85. The van der Waals surface area contributed by atoms with Crippen molar-refractivity contribution in [1.29, 1.82) is 0 Å². The van der Waals surface area contributed by atoms with E-state index < -0.39 is 11.7 Å². The minimum Gasteiger partial charge on any atom is -0.370 e. The Morgan fingerprint density at radius 3 is 2.50 bits per heavy atom. The summed E-state index contributed by atoms with van der Waals surface area (Å²) in [5.41, 5.74) is 4.71. The molecule has 1 aliphatic heterocycles. The van der Waals surface area contributed by atoms with Crippen LogP contribution in [0.15, 0.2) is 12.1 Å². The molecule has 1 saturated carbocycles. The number of halogens is 3. The molecule has 2 bridgehead atoms. The highest BCUT2D eigenvalue weighted by atomic mass is 19.4. The van der Waals surface area contributed by atoms with Gasteiger partial charge in [0.25, 0.3) is 0 Å². The number of anilines is 1. The molecule has 2 heterocycles. The van der Waals surface area contributed by atoms with Crippen molar-refractivity contribution in [3.63, 3.8) is 0 Å². The minimum absolute atomic E-state index is 0.0641. The maximum absolute atomic E-state index is 13.2. The number of amides is 2. The summed E-state index contributed by atoms with van der Waals surface area (Å²) in [6, 6.07) is 2.01. The van der Waals surface area contributed by atoms with Gasteiger partial charge in [0.15, 0.2) is 0 Å². The lowest BCUT2D eigenvalue weighted by molar-refractivity contribution is -0.137. The average molecular weight is 370 g/mol. The SMILES string of the molecule is NC(=O)CC1C2CCC1CN(c1cc(C(F)(F)F)cc(CNC=O)n1)C2. The number of piperidine rings is 1. The van der Waals surface area contributed by atoms with E-state index in [0.717, 1.165) is 25.0 Å². The first-order valence-electron chi connectivity index (χ1n) is 8.56. The number of primary amides is 1. The van der Waals surface area contributed by atoms with Gasteiger partial charge in [-0.3, -0.25) is 9.59 Å². The first kappa shape index (κ1) is 18.5. The van der Waals surface area contributed by atoms with Crippen LogP contribution in [0.25, 0.3) is 0 Å². The molecule has 1 aromatic rings. The lowest BCUT2D eigenvalue weighted by atomic mass is 9.82. The summed E-state index contributed by atoms with van der Waals surface area (Å²) in [4.78, 5) is 27.9. The molecule has 1 aliphatic carbocycles. The molecule has 26 heavy (non-hydrogen) atoms. The summed E-state index contributed by atoms with van der Waals surface area (Å²) in [7, 11) is 0. The summed E-state index contributed by atoms with van der Waals surface area (Å²) in [5.74, 6) is 0.589. The van der Waals surface area contributed by atoms with Crippen molar-refractivity contribution in [3.05, 3.63) is 23.4 Å². The average Bonchev–Trinajstić information content (AvgIpc) is 2.80. The van der Waals surface area contributed by atoms with Crippen LogP contribution in [0, 0.1) is 17.8 Å². The zero-order valence-electron chi connectivity index (χ0n) is 14.1. The van der Waals surface area contributed by atoms with E-state index in [-0.39, 0.29) is 41.7 Å². The topological polar surface area (TPSA) is 88.3 Å². The van der Waals surface area contributed by atoms with Gasteiger partial charge in [0.1, 0.15) is 5.82 Å². The van der Waals surface area contributed by atoms with E-state index in [0.29, 0.717) is 25.9 Å². The zero-order chi connectivity index (χ0) is 18.9. The Morgan fingerprint density at radius 1 is 1.31 bits per heavy atom. The van der Waals surface area contributed by atoms with E-state index in [1.165, 1.54) is 0 Å². The van der Waals surface area contributed by atoms with Gasteiger partial charge in [0.2, 0.25) is 12.3 Å². The molecule has 9 heteroatoms. The van der Waals surface area contributed by atoms with Gasteiger partial charge in [-0.15, -0.1) is 0 Å². The third-order valence-electron chi connectivity index (χ3n) is 5.35. The fourth-order valence-corrected chi connectivity index (χ4v) is 4.22. The molecule has 0 radical (unpaired) electrons. The quantitative estimate of drug-likeness (QED) is 0.746. The number of fused-ring (bicyclic) bond motifs is 2. The van der Waals surface area contributed by atoms with Crippen LogP contribution in [0.1, 0.15) is 30.5 Å². The van der Waals surface area contributed by atoms with Crippen molar-refractivity contribution in [2.24, 2.45) is 23.5 Å². The van der Waals surface area contributed by atoms with Crippen LogP contribution in [-0.4, -0.2) is 30.4 Å². The van der Waals surface area contributed by atoms with E-state index >= 15 is 0 Å². The van der Waals surface area contributed by atoms with Crippen LogP contribution in [0.2, 0.25) is 0 Å². The van der Waals surface area contributed by atoms with Crippen LogP contribution in [-0.2, 0) is 22.3 Å². The van der Waals surface area contributed by atoms with E-state index in [9.17, 15) is 22.8 Å². The first-order chi connectivity index (χ1) is 12.3. The van der Waals surface area contributed by atoms with E-state index in [2.05, 4.69) is 10.3 Å². The Kier molecular flexibility index (Phi) is 5.06. The number of hydrogen-bond donors (Lipinski definition) is 2. The van der Waals surface area contributed by atoms with Gasteiger partial charge in [0.05, 0.1) is 17.8 Å². The molecule has 142 valence electrons. The number of nitrogens with one attached hydrogen (secondary N) is 1. The van der Waals surface area contributed by atoms with Gasteiger partial charge in [-0.2, -0.15) is 13.2 Å². The Hall–Kier alpha value is -2.32. The van der Waals surface area contributed by atoms with Crippen LogP contribution in [0.5, 0.6) is 0 Å². The lowest BCUT2D eigenvalue weighted by Gasteiger charge is -2.38. The van der Waals surface area contributed by atoms with Crippen LogP contribution in [0.3, 0.4) is 0 Å². The maximum Gasteiger partial charge on any atom is 0.416 e. The molecular formula is C17H21F3N4O2. The Morgan fingerprint density at radius 2 is 1.96 bits per heavy atom. The fourth-order valence-electron chi connectivity index (χ4n) is 4.22. The summed E-state index contributed by atoms with van der Waals surface area (Å²) in [6.45, 7) is 1.05. The van der Waals surface area contributed by atoms with Crippen LogP contribution >= 0.6 is 0 Å². The highest BCUT2D eigenvalue weighted by Crippen LogP contribution is 2.45. The highest BCUT2D eigenvalue weighted by molar-refractivity contribution is 5.74. The predicted molar refractivity (Wildman–Crippen MR) is 87.9 cm³/mol. The standard InChI is InChI=1S/C17H21F3N4O2/c18-17(19,20)12-3-13(6-22-9-25)23-16(4-12)24-7-10-1-2-11(8-24)14(10)5-15(21)26/h3-4,9-11,14H,1-2,5-8H2,(H2,21,26)(H,22,25). The normalized spacial score (nSPS) is 25.2. The molecule has 6 nitrogen and oxygen atoms in total. The molecular weight excluding hydrogens is 349 g/mol. The molecule has 2 amide bonds. The molecule has 2 atom stereocenters. The second kappa shape index (κ2) is 7.13. The molecule has 1 saturated heterocycles. The van der Waals surface area contributed by atoms with Crippen LogP contribution in [0.4, 0.5) is 19.0 Å². The van der Waals surface area contributed by atoms with Gasteiger partial charge in [-0.25, -0.2) is 4.98 Å². The number of hydrogen-bond acceptors (Lipinski definition) is 4. The number of aromatic nitrogens is 1. The Bertz CT molecular complexity index is 681. The number of pyridine rings is 1. The van der Waals surface area contributed by atoms with Crippen molar-refractivity contribution in [2.75, 3.05) is 18.0 Å². The molecule has 3 rings (SSSR count). The number of carbonyl (C=O) groups excluding carboxylic acids is 2. The van der Waals surface area contributed by atoms with Crippen molar-refractivity contribution < 1.29 is 22.8 Å². The van der Waals surface area contributed by atoms with Gasteiger partial charge < -0.3 is 16.0 Å². The molecule has 0 spiro atoms. The summed E-state index contributed by atoms with van der Waals surface area (Å²) in [5, 5.41) is 2.35. The predicted octanol–water partition coefficient (Wildman–Crippen LogP) is 1.68. The van der Waals surface area contributed by atoms with Gasteiger partial charge >= 0.3 is 6.18 Å². The summed E-state index contributed by atoms with van der Waals surface area (Å²) >= 11 is 0. The Labute approximate surface area is 148 Å². The molecule has 2 fully saturated rings. The second-order valence-corrected chi connectivity index (χ2v) is 7.04. The Balaban J connectivity index is 1.85. The highest BCUT2D eigenvalue weighted by Gasteiger charge is 2.43.